The lowest BCUT2D eigenvalue weighted by Crippen LogP contribution is -2.36. The van der Waals surface area contributed by atoms with Gasteiger partial charge in [-0.1, -0.05) is 0 Å². The largest absolute Gasteiger partial charge is 0.448 e. The predicted octanol–water partition coefficient (Wildman–Crippen LogP) is 2.05. The molecule has 0 unspecified atom stereocenters. The lowest BCUT2D eigenvalue weighted by atomic mass is 10.0. The van der Waals surface area contributed by atoms with Gasteiger partial charge < -0.3 is 24.1 Å². The zero-order valence-corrected chi connectivity index (χ0v) is 14.5. The zero-order chi connectivity index (χ0) is 17.8. The van der Waals surface area contributed by atoms with Gasteiger partial charge in [0.2, 0.25) is 0 Å². The van der Waals surface area contributed by atoms with Crippen molar-refractivity contribution in [3.8, 4) is 0 Å². The van der Waals surface area contributed by atoms with Crippen LogP contribution in [0.15, 0.2) is 29.0 Å². The fourth-order valence-electron chi connectivity index (χ4n) is 3.17. The lowest BCUT2D eigenvalue weighted by molar-refractivity contribution is 0.0794. The molecular formula is C18H22N4O4. The highest BCUT2D eigenvalue weighted by Crippen LogP contribution is 2.26. The topological polar surface area (TPSA) is 89.7 Å². The highest BCUT2D eigenvalue weighted by Gasteiger charge is 2.22. The minimum absolute atomic E-state index is 0.219. The van der Waals surface area contributed by atoms with Crippen LogP contribution in [0.5, 0.6) is 0 Å². The molecule has 1 amide bonds. The van der Waals surface area contributed by atoms with E-state index in [2.05, 4.69) is 20.2 Å². The quantitative estimate of drug-likeness (QED) is 0.894. The van der Waals surface area contributed by atoms with Crippen LogP contribution in [0.25, 0.3) is 0 Å². The molecule has 2 aromatic rings. The number of nitrogens with one attached hydrogen (secondary N) is 1. The molecule has 2 aromatic heterocycles. The van der Waals surface area contributed by atoms with E-state index in [-0.39, 0.29) is 17.5 Å². The van der Waals surface area contributed by atoms with Gasteiger partial charge in [0.05, 0.1) is 25.1 Å². The molecule has 2 aliphatic rings. The number of aromatic nitrogens is 2. The first-order chi connectivity index (χ1) is 12.8. The molecule has 2 aliphatic heterocycles. The SMILES string of the molecule is O=C(Nc1ccc(N2CCOCC2)cn1)c1coc(C2CCOCC2)n1. The van der Waals surface area contributed by atoms with Gasteiger partial charge in [0.25, 0.3) is 5.91 Å². The summed E-state index contributed by atoms with van der Waals surface area (Å²) in [6, 6.07) is 3.74. The van der Waals surface area contributed by atoms with Gasteiger partial charge in [-0.15, -0.1) is 0 Å². The van der Waals surface area contributed by atoms with E-state index in [1.54, 1.807) is 12.3 Å². The second-order valence-electron chi connectivity index (χ2n) is 6.41. The number of carbonyl (C=O) groups is 1. The summed E-state index contributed by atoms with van der Waals surface area (Å²) in [5.41, 5.74) is 1.29. The Kier molecular flexibility index (Phi) is 5.12. The number of anilines is 2. The van der Waals surface area contributed by atoms with E-state index >= 15 is 0 Å². The van der Waals surface area contributed by atoms with Crippen molar-refractivity contribution >= 4 is 17.4 Å². The van der Waals surface area contributed by atoms with Gasteiger partial charge in [0.15, 0.2) is 11.6 Å². The summed E-state index contributed by atoms with van der Waals surface area (Å²) in [4.78, 5) is 23.2. The van der Waals surface area contributed by atoms with Crippen LogP contribution in [0.4, 0.5) is 11.5 Å². The Hall–Kier alpha value is -2.45. The molecule has 8 heteroatoms. The molecule has 0 bridgehead atoms. The molecule has 26 heavy (non-hydrogen) atoms. The Morgan fingerprint density at radius 1 is 1.12 bits per heavy atom. The van der Waals surface area contributed by atoms with Crippen molar-refractivity contribution in [2.24, 2.45) is 0 Å². The third-order valence-corrected chi connectivity index (χ3v) is 4.69. The molecule has 2 saturated heterocycles. The minimum atomic E-state index is -0.321. The molecule has 4 rings (SSSR count). The Morgan fingerprint density at radius 2 is 1.88 bits per heavy atom. The fraction of sp³-hybridized carbons (Fsp3) is 0.500. The van der Waals surface area contributed by atoms with Crippen molar-refractivity contribution < 1.29 is 18.7 Å². The van der Waals surface area contributed by atoms with Gasteiger partial charge in [-0.05, 0) is 25.0 Å². The summed E-state index contributed by atoms with van der Waals surface area (Å²) in [7, 11) is 0. The van der Waals surface area contributed by atoms with E-state index < -0.39 is 0 Å². The van der Waals surface area contributed by atoms with E-state index in [1.165, 1.54) is 6.26 Å². The van der Waals surface area contributed by atoms with Crippen molar-refractivity contribution in [1.29, 1.82) is 0 Å². The van der Waals surface area contributed by atoms with E-state index in [0.29, 0.717) is 24.9 Å². The molecule has 8 nitrogen and oxygen atoms in total. The predicted molar refractivity (Wildman–Crippen MR) is 94.5 cm³/mol. The summed E-state index contributed by atoms with van der Waals surface area (Å²) >= 11 is 0. The third-order valence-electron chi connectivity index (χ3n) is 4.69. The van der Waals surface area contributed by atoms with Crippen molar-refractivity contribution in [3.05, 3.63) is 36.2 Å². The number of ether oxygens (including phenoxy) is 2. The molecular weight excluding hydrogens is 336 g/mol. The summed E-state index contributed by atoms with van der Waals surface area (Å²) in [5, 5.41) is 2.76. The number of pyridine rings is 1. The lowest BCUT2D eigenvalue weighted by Gasteiger charge is -2.28. The first kappa shape index (κ1) is 17.0. The molecule has 0 saturated carbocycles. The maximum atomic E-state index is 12.4. The highest BCUT2D eigenvalue weighted by atomic mass is 16.5. The average Bonchev–Trinajstić information content (AvgIpc) is 3.20. The van der Waals surface area contributed by atoms with E-state index in [1.807, 2.05) is 6.07 Å². The summed E-state index contributed by atoms with van der Waals surface area (Å²) < 4.78 is 16.2. The van der Waals surface area contributed by atoms with Crippen LogP contribution in [0.1, 0.15) is 35.1 Å². The van der Waals surface area contributed by atoms with Crippen molar-refractivity contribution in [3.63, 3.8) is 0 Å². The van der Waals surface area contributed by atoms with E-state index in [0.717, 1.165) is 44.8 Å². The summed E-state index contributed by atoms with van der Waals surface area (Å²) in [6.07, 6.45) is 4.90. The molecule has 0 spiro atoms. The molecule has 2 fully saturated rings. The highest BCUT2D eigenvalue weighted by molar-refractivity contribution is 6.02. The monoisotopic (exact) mass is 358 g/mol. The second-order valence-corrected chi connectivity index (χ2v) is 6.41. The Morgan fingerprint density at radius 3 is 2.62 bits per heavy atom. The number of nitrogens with zero attached hydrogens (tertiary/aromatic N) is 3. The third kappa shape index (κ3) is 3.86. The van der Waals surface area contributed by atoms with Gasteiger partial charge in [-0.2, -0.15) is 0 Å². The van der Waals surface area contributed by atoms with Crippen LogP contribution in [-0.2, 0) is 9.47 Å². The average molecular weight is 358 g/mol. The zero-order valence-electron chi connectivity index (χ0n) is 14.5. The molecule has 1 N–H and O–H groups in total. The van der Waals surface area contributed by atoms with Crippen molar-refractivity contribution in [1.82, 2.24) is 9.97 Å². The molecule has 0 radical (unpaired) electrons. The van der Waals surface area contributed by atoms with Crippen LogP contribution in [0, 0.1) is 0 Å². The number of amides is 1. The normalized spacial score (nSPS) is 18.7. The van der Waals surface area contributed by atoms with Crippen molar-refractivity contribution in [2.45, 2.75) is 18.8 Å². The Balaban J connectivity index is 1.37. The van der Waals surface area contributed by atoms with Crippen LogP contribution in [0.3, 0.4) is 0 Å². The molecule has 0 aromatic carbocycles. The van der Waals surface area contributed by atoms with Crippen LogP contribution < -0.4 is 10.2 Å². The van der Waals surface area contributed by atoms with Gasteiger partial charge in [0.1, 0.15) is 12.1 Å². The van der Waals surface area contributed by atoms with E-state index in [4.69, 9.17) is 13.9 Å². The fourth-order valence-corrected chi connectivity index (χ4v) is 3.17. The molecule has 138 valence electrons. The molecule has 4 heterocycles. The standard InChI is InChI=1S/C18H22N4O4/c23-17(15-12-26-18(20-15)13-3-7-24-8-4-13)21-16-2-1-14(11-19-16)22-5-9-25-10-6-22/h1-2,11-13H,3-10H2,(H,19,21,23). The van der Waals surface area contributed by atoms with E-state index in [9.17, 15) is 4.79 Å². The van der Waals surface area contributed by atoms with Crippen LogP contribution in [-0.4, -0.2) is 55.4 Å². The number of rotatable bonds is 4. The molecule has 0 atom stereocenters. The smallest absolute Gasteiger partial charge is 0.278 e. The Labute approximate surface area is 151 Å². The summed E-state index contributed by atoms with van der Waals surface area (Å²) in [5.74, 6) is 0.992. The van der Waals surface area contributed by atoms with Gasteiger partial charge in [-0.25, -0.2) is 9.97 Å². The van der Waals surface area contributed by atoms with Gasteiger partial charge in [0, 0.05) is 32.2 Å². The number of carbonyl (C=O) groups excluding carboxylic acids is 1. The maximum absolute atomic E-state index is 12.4. The summed E-state index contributed by atoms with van der Waals surface area (Å²) in [6.45, 7) is 4.55. The first-order valence-electron chi connectivity index (χ1n) is 8.93. The van der Waals surface area contributed by atoms with Gasteiger partial charge in [-0.3, -0.25) is 4.79 Å². The maximum Gasteiger partial charge on any atom is 0.278 e. The van der Waals surface area contributed by atoms with Gasteiger partial charge >= 0.3 is 0 Å². The van der Waals surface area contributed by atoms with Crippen LogP contribution >= 0.6 is 0 Å². The number of hydrogen-bond donors (Lipinski definition) is 1. The van der Waals surface area contributed by atoms with Crippen molar-refractivity contribution in [2.75, 3.05) is 49.7 Å². The minimum Gasteiger partial charge on any atom is -0.448 e. The second kappa shape index (κ2) is 7.84. The number of morpholine rings is 1. The number of hydrogen-bond acceptors (Lipinski definition) is 7. The molecule has 0 aliphatic carbocycles. The number of oxazole rings is 1. The first-order valence-corrected chi connectivity index (χ1v) is 8.93. The van der Waals surface area contributed by atoms with Crippen LogP contribution in [0.2, 0.25) is 0 Å². The Bertz CT molecular complexity index is 734.